The molecule has 1 aliphatic rings. The lowest BCUT2D eigenvalue weighted by molar-refractivity contribution is -0.484. The number of amides is 2. The number of halogens is 1. The molecule has 2 amide bonds. The van der Waals surface area contributed by atoms with E-state index in [-0.39, 0.29) is 28.3 Å². The normalized spacial score (nSPS) is 16.5. The molecule has 0 aromatic heterocycles. The van der Waals surface area contributed by atoms with Crippen molar-refractivity contribution in [1.29, 1.82) is 0 Å². The fourth-order valence-electron chi connectivity index (χ4n) is 4.21. The van der Waals surface area contributed by atoms with Crippen LogP contribution in [-0.2, 0) is 9.53 Å². The lowest BCUT2D eigenvalue weighted by Crippen LogP contribution is -2.33. The highest BCUT2D eigenvalue weighted by Crippen LogP contribution is 2.44. The van der Waals surface area contributed by atoms with E-state index < -0.39 is 29.7 Å². The van der Waals surface area contributed by atoms with Crippen LogP contribution in [0.25, 0.3) is 5.57 Å². The van der Waals surface area contributed by atoms with Crippen LogP contribution in [0.2, 0.25) is 0 Å². The second-order valence-electron chi connectivity index (χ2n) is 7.35. The molecule has 7 nitrogen and oxygen atoms in total. The van der Waals surface area contributed by atoms with Gasteiger partial charge in [0.2, 0.25) is 6.54 Å². The van der Waals surface area contributed by atoms with Gasteiger partial charge in [-0.2, -0.15) is 0 Å². The summed E-state index contributed by atoms with van der Waals surface area (Å²) in [5.41, 5.74) is 2.11. The topological polar surface area (TPSA) is 89.8 Å². The highest BCUT2D eigenvalue weighted by Gasteiger charge is 2.41. The molecule has 2 atom stereocenters. The molecule has 0 aliphatic carbocycles. The summed E-state index contributed by atoms with van der Waals surface area (Å²) in [7, 11) is 1.16. The van der Waals surface area contributed by atoms with Crippen molar-refractivity contribution in [3.8, 4) is 0 Å². The van der Waals surface area contributed by atoms with Gasteiger partial charge in [0.05, 0.1) is 18.7 Å². The third-order valence-corrected chi connectivity index (χ3v) is 5.67. The highest BCUT2D eigenvalue weighted by atomic mass is 19.1. The molecule has 0 bridgehead atoms. The maximum atomic E-state index is 14.1. The number of allylic oxidation sites excluding steroid dienone is 1. The number of anilines is 1. The number of benzene rings is 2. The van der Waals surface area contributed by atoms with Gasteiger partial charge < -0.3 is 4.74 Å². The van der Waals surface area contributed by atoms with E-state index in [1.165, 1.54) is 18.2 Å². The number of ether oxygens (including phenoxy) is 1. The first kappa shape index (κ1) is 22.1. The quantitative estimate of drug-likeness (QED) is 0.376. The van der Waals surface area contributed by atoms with Gasteiger partial charge in [0, 0.05) is 16.1 Å². The van der Waals surface area contributed by atoms with Gasteiger partial charge in [-0.1, -0.05) is 49.8 Å². The molecular weight excluding hydrogens is 403 g/mol. The Morgan fingerprint density at radius 3 is 2.48 bits per heavy atom. The Morgan fingerprint density at radius 1 is 1.23 bits per heavy atom. The van der Waals surface area contributed by atoms with Gasteiger partial charge in [-0.25, -0.2) is 14.1 Å². The minimum atomic E-state index is -0.874. The molecule has 3 rings (SSSR count). The maximum absolute atomic E-state index is 14.1. The van der Waals surface area contributed by atoms with Crippen LogP contribution in [0, 0.1) is 21.8 Å². The molecule has 0 radical (unpaired) electrons. The first-order chi connectivity index (χ1) is 14.8. The molecule has 0 fully saturated rings. The zero-order chi connectivity index (χ0) is 22.7. The van der Waals surface area contributed by atoms with Crippen LogP contribution in [0.4, 0.5) is 14.9 Å². The predicted octanol–water partition coefficient (Wildman–Crippen LogP) is 4.80. The van der Waals surface area contributed by atoms with E-state index in [4.69, 9.17) is 4.74 Å². The fraction of sp³-hybridized carbons (Fsp3) is 0.304. The number of imide groups is 1. The van der Waals surface area contributed by atoms with Crippen molar-refractivity contribution in [2.75, 3.05) is 18.6 Å². The predicted molar refractivity (Wildman–Crippen MR) is 114 cm³/mol. The Kier molecular flexibility index (Phi) is 6.48. The molecule has 0 N–H and O–H groups in total. The molecule has 8 heteroatoms. The molecule has 0 spiro atoms. The number of nitro groups is 1. The summed E-state index contributed by atoms with van der Waals surface area (Å²) in [6, 6.07) is 12.8. The number of hydrogen-bond acceptors (Lipinski definition) is 5. The summed E-state index contributed by atoms with van der Waals surface area (Å²) in [5, 5.41) is 11.4. The van der Waals surface area contributed by atoms with E-state index in [0.717, 1.165) is 17.6 Å². The van der Waals surface area contributed by atoms with Gasteiger partial charge in [-0.15, -0.1) is 0 Å². The Balaban J connectivity index is 2.19. The maximum Gasteiger partial charge on any atom is 0.421 e. The molecule has 2 aromatic carbocycles. The molecule has 0 unspecified atom stereocenters. The van der Waals surface area contributed by atoms with Crippen molar-refractivity contribution >= 4 is 23.3 Å². The van der Waals surface area contributed by atoms with E-state index in [0.29, 0.717) is 12.0 Å². The zero-order valence-electron chi connectivity index (χ0n) is 17.5. The fourth-order valence-corrected chi connectivity index (χ4v) is 4.21. The van der Waals surface area contributed by atoms with E-state index in [2.05, 4.69) is 0 Å². The van der Waals surface area contributed by atoms with Crippen LogP contribution in [0.5, 0.6) is 0 Å². The molecule has 1 heterocycles. The zero-order valence-corrected chi connectivity index (χ0v) is 17.5. The third-order valence-electron chi connectivity index (χ3n) is 5.67. The second kappa shape index (κ2) is 9.07. The molecule has 2 aromatic rings. The summed E-state index contributed by atoms with van der Waals surface area (Å²) < 4.78 is 18.8. The number of rotatable bonds is 6. The Hall–Kier alpha value is -3.55. The Morgan fingerprint density at radius 2 is 1.90 bits per heavy atom. The smallest absolute Gasteiger partial charge is 0.421 e. The Bertz CT molecular complexity index is 1050. The average molecular weight is 426 g/mol. The van der Waals surface area contributed by atoms with Crippen molar-refractivity contribution < 1.29 is 23.6 Å². The number of carbonyl (C=O) groups is 2. The van der Waals surface area contributed by atoms with Gasteiger partial charge in [-0.3, -0.25) is 14.9 Å². The average Bonchev–Trinajstić information content (AvgIpc) is 3.03. The third kappa shape index (κ3) is 4.19. The van der Waals surface area contributed by atoms with Crippen molar-refractivity contribution in [3.05, 3.63) is 81.2 Å². The van der Waals surface area contributed by atoms with E-state index >= 15 is 0 Å². The number of fused-ring (bicyclic) bond motifs is 1. The summed E-state index contributed by atoms with van der Waals surface area (Å²) in [6.45, 7) is 3.33. The van der Waals surface area contributed by atoms with Gasteiger partial charge in [0.1, 0.15) is 5.82 Å². The standard InChI is InChI=1S/C23H23FN2O5/c1-4-17(14(2)19(13-25(29)30)15-8-6-5-7-9-15)21-18-12-16(24)10-11-20(18)26(22(21)27)23(28)31-3/h5-12,14,19H,4,13H2,1-3H3/b21-17+/t14-,19+/m0/s1. The van der Waals surface area contributed by atoms with E-state index in [1.54, 1.807) is 12.1 Å². The van der Waals surface area contributed by atoms with Gasteiger partial charge in [0.15, 0.2) is 0 Å². The SMILES string of the molecule is CC/C(=C1\C(=O)N(C(=O)OC)c2ccc(F)cc21)[C@H](C)[C@@H](C[N+](=O)[O-])c1ccccc1. The monoisotopic (exact) mass is 426 g/mol. The van der Waals surface area contributed by atoms with Gasteiger partial charge in [0.25, 0.3) is 5.91 Å². The van der Waals surface area contributed by atoms with E-state index in [9.17, 15) is 24.1 Å². The molecule has 1 aliphatic heterocycles. The van der Waals surface area contributed by atoms with Crippen molar-refractivity contribution in [2.24, 2.45) is 5.92 Å². The molecule has 162 valence electrons. The van der Waals surface area contributed by atoms with Crippen LogP contribution < -0.4 is 4.90 Å². The number of nitrogens with zero attached hydrogens (tertiary/aromatic N) is 2. The van der Waals surface area contributed by atoms with Gasteiger partial charge in [-0.05, 0) is 36.1 Å². The second-order valence-corrected chi connectivity index (χ2v) is 7.35. The van der Waals surface area contributed by atoms with Crippen LogP contribution in [0.1, 0.15) is 37.3 Å². The molecule has 0 saturated heterocycles. The van der Waals surface area contributed by atoms with Crippen LogP contribution in [-0.4, -0.2) is 30.6 Å². The minimum Gasteiger partial charge on any atom is -0.452 e. The number of hydrogen-bond donors (Lipinski definition) is 0. The Labute approximate surface area is 179 Å². The number of methoxy groups -OCH3 is 1. The minimum absolute atomic E-state index is 0.194. The van der Waals surface area contributed by atoms with Crippen molar-refractivity contribution in [3.63, 3.8) is 0 Å². The first-order valence-corrected chi connectivity index (χ1v) is 9.92. The molecule has 31 heavy (non-hydrogen) atoms. The van der Waals surface area contributed by atoms with Crippen LogP contribution >= 0.6 is 0 Å². The number of carbonyl (C=O) groups excluding carboxylic acids is 2. The lowest BCUT2D eigenvalue weighted by Gasteiger charge is -2.25. The summed E-state index contributed by atoms with van der Waals surface area (Å²) in [4.78, 5) is 37.5. The highest BCUT2D eigenvalue weighted by molar-refractivity contribution is 6.39. The van der Waals surface area contributed by atoms with Crippen molar-refractivity contribution in [2.45, 2.75) is 26.2 Å². The summed E-state index contributed by atoms with van der Waals surface area (Å²) in [5.74, 6) is -2.09. The molecule has 0 saturated carbocycles. The first-order valence-electron chi connectivity index (χ1n) is 9.92. The lowest BCUT2D eigenvalue weighted by atomic mass is 9.78. The molecular formula is C23H23FN2O5. The van der Waals surface area contributed by atoms with E-state index in [1.807, 2.05) is 32.0 Å². The summed E-state index contributed by atoms with van der Waals surface area (Å²) >= 11 is 0. The van der Waals surface area contributed by atoms with Crippen LogP contribution in [0.15, 0.2) is 54.1 Å². The van der Waals surface area contributed by atoms with Crippen LogP contribution in [0.3, 0.4) is 0 Å². The van der Waals surface area contributed by atoms with Gasteiger partial charge >= 0.3 is 6.09 Å². The summed E-state index contributed by atoms with van der Waals surface area (Å²) in [6.07, 6.45) is -0.477. The largest absolute Gasteiger partial charge is 0.452 e. The van der Waals surface area contributed by atoms with Crippen molar-refractivity contribution in [1.82, 2.24) is 0 Å².